The first kappa shape index (κ1) is 15.4. The third-order valence-electron chi connectivity index (χ3n) is 3.12. The lowest BCUT2D eigenvalue weighted by Gasteiger charge is -2.02. The number of aromatic carboxylic acids is 1. The minimum absolute atomic E-state index is 0.0331. The fourth-order valence-corrected chi connectivity index (χ4v) is 4.01. The number of hydrogen-bond acceptors (Lipinski definition) is 4. The van der Waals surface area contributed by atoms with Crippen LogP contribution in [0.4, 0.5) is 0 Å². The van der Waals surface area contributed by atoms with Gasteiger partial charge in [-0.2, -0.15) is 12.8 Å². The number of benzene rings is 2. The van der Waals surface area contributed by atoms with E-state index in [1.54, 1.807) is 42.5 Å². The van der Waals surface area contributed by atoms with Crippen LogP contribution in [-0.4, -0.2) is 19.5 Å². The van der Waals surface area contributed by atoms with Crippen LogP contribution in [0, 0.1) is 0 Å². The highest BCUT2D eigenvalue weighted by Gasteiger charge is 2.13. The lowest BCUT2D eigenvalue weighted by molar-refractivity contribution is 0.0702. The van der Waals surface area contributed by atoms with Crippen LogP contribution in [-0.2, 0) is 10.0 Å². The van der Waals surface area contributed by atoms with E-state index in [9.17, 15) is 18.3 Å². The predicted molar refractivity (Wildman–Crippen MR) is 88.0 cm³/mol. The van der Waals surface area contributed by atoms with Crippen molar-refractivity contribution < 1.29 is 18.3 Å². The topological polar surface area (TPSA) is 83.8 Å². The van der Waals surface area contributed by atoms with E-state index in [-0.39, 0.29) is 15.1 Å². The third-order valence-corrected chi connectivity index (χ3v) is 5.51. The zero-order chi connectivity index (χ0) is 16.4. The summed E-state index contributed by atoms with van der Waals surface area (Å²) in [6.45, 7) is 0. The zero-order valence-electron chi connectivity index (χ0n) is 11.7. The van der Waals surface area contributed by atoms with E-state index < -0.39 is 16.0 Å². The normalized spacial score (nSPS) is 12.4. The number of nitrogens with zero attached hydrogens (tertiary/aromatic N) is 1. The van der Waals surface area contributed by atoms with Gasteiger partial charge in [0.15, 0.2) is 0 Å². The highest BCUT2D eigenvalue weighted by Crippen LogP contribution is 2.19. The molecule has 23 heavy (non-hydrogen) atoms. The van der Waals surface area contributed by atoms with Gasteiger partial charge >= 0.3 is 5.97 Å². The van der Waals surface area contributed by atoms with Gasteiger partial charge in [-0.3, -0.25) is 0 Å². The monoisotopic (exact) mass is 345 g/mol. The first-order chi connectivity index (χ1) is 11.0. The Kier molecular flexibility index (Phi) is 3.97. The maximum absolute atomic E-state index is 12.4. The minimum atomic E-state index is -3.91. The van der Waals surface area contributed by atoms with Crippen molar-refractivity contribution in [1.82, 2.24) is 0 Å². The Morgan fingerprint density at radius 3 is 2.35 bits per heavy atom. The molecule has 1 aromatic heterocycles. The maximum Gasteiger partial charge on any atom is 0.345 e. The number of sulfonamides is 1. The van der Waals surface area contributed by atoms with Gasteiger partial charge in [0.1, 0.15) is 4.88 Å². The van der Waals surface area contributed by atoms with Crippen molar-refractivity contribution in [3.63, 3.8) is 0 Å². The highest BCUT2D eigenvalue weighted by molar-refractivity contribution is 7.90. The summed E-state index contributed by atoms with van der Waals surface area (Å²) in [4.78, 5) is 11.3. The zero-order valence-corrected chi connectivity index (χ0v) is 13.3. The number of carboxylic acid groups (broad SMARTS) is 1. The van der Waals surface area contributed by atoms with Crippen LogP contribution >= 0.6 is 11.3 Å². The summed E-state index contributed by atoms with van der Waals surface area (Å²) in [5, 5.41) is 9.93. The molecule has 0 unspecified atom stereocenters. The summed E-state index contributed by atoms with van der Waals surface area (Å²) < 4.78 is 29.3. The lowest BCUT2D eigenvalue weighted by atomic mass is 10.2. The molecule has 0 amide bonds. The molecule has 0 spiro atoms. The van der Waals surface area contributed by atoms with Crippen molar-refractivity contribution in [2.24, 2.45) is 4.40 Å². The molecule has 7 heteroatoms. The quantitative estimate of drug-likeness (QED) is 0.791. The molecule has 0 fully saturated rings. The van der Waals surface area contributed by atoms with Gasteiger partial charge < -0.3 is 5.11 Å². The van der Waals surface area contributed by atoms with E-state index in [0.717, 1.165) is 11.3 Å². The van der Waals surface area contributed by atoms with Gasteiger partial charge in [0.05, 0.1) is 10.3 Å². The van der Waals surface area contributed by atoms with Gasteiger partial charge in [-0.15, -0.1) is 11.3 Å². The lowest BCUT2D eigenvalue weighted by Crippen LogP contribution is -2.10. The van der Waals surface area contributed by atoms with Crippen molar-refractivity contribution >= 4 is 37.4 Å². The standard InChI is InChI=1S/C16H11NO4S2/c18-16(19)15-10-13(12-8-4-5-9-14(12)22-15)17-23(20,21)11-6-2-1-3-7-11/h1-10H,(H,18,19)/b17-13-. The van der Waals surface area contributed by atoms with Crippen LogP contribution in [0.15, 0.2) is 70.0 Å². The van der Waals surface area contributed by atoms with E-state index in [1.165, 1.54) is 18.2 Å². The van der Waals surface area contributed by atoms with E-state index in [1.807, 2.05) is 0 Å². The van der Waals surface area contributed by atoms with Gasteiger partial charge in [-0.1, -0.05) is 36.4 Å². The SMILES string of the molecule is O=C(O)c1c/c(=N/S(=O)(=O)c2ccccc2)c2ccccc2s1. The Hall–Kier alpha value is -2.51. The van der Waals surface area contributed by atoms with Gasteiger partial charge in [0.25, 0.3) is 10.0 Å². The second kappa shape index (κ2) is 5.94. The third kappa shape index (κ3) is 3.15. The average molecular weight is 345 g/mol. The molecule has 0 radical (unpaired) electrons. The van der Waals surface area contributed by atoms with Gasteiger partial charge in [-0.05, 0) is 24.3 Å². The first-order valence-electron chi connectivity index (χ1n) is 6.60. The molecule has 116 valence electrons. The summed E-state index contributed by atoms with van der Waals surface area (Å²) in [6, 6.07) is 16.1. The Morgan fingerprint density at radius 1 is 1.00 bits per heavy atom. The van der Waals surface area contributed by atoms with Crippen LogP contribution in [0.2, 0.25) is 0 Å². The molecule has 3 rings (SSSR count). The maximum atomic E-state index is 12.4. The Labute approximate surface area is 136 Å². The number of rotatable bonds is 3. The van der Waals surface area contributed by atoms with E-state index >= 15 is 0 Å². The number of carbonyl (C=O) groups is 1. The van der Waals surface area contributed by atoms with Crippen molar-refractivity contribution in [2.45, 2.75) is 4.90 Å². The summed E-state index contributed by atoms with van der Waals surface area (Å²) >= 11 is 1.08. The van der Waals surface area contributed by atoms with Gasteiger partial charge in [0, 0.05) is 10.1 Å². The van der Waals surface area contributed by atoms with Crippen LogP contribution in [0.5, 0.6) is 0 Å². The fraction of sp³-hybridized carbons (Fsp3) is 0. The number of hydrogen-bond donors (Lipinski definition) is 1. The Balaban J connectivity index is 2.33. The molecular weight excluding hydrogens is 334 g/mol. The molecule has 0 bridgehead atoms. The highest BCUT2D eigenvalue weighted by atomic mass is 32.2. The second-order valence-electron chi connectivity index (χ2n) is 4.68. The first-order valence-corrected chi connectivity index (χ1v) is 8.85. The van der Waals surface area contributed by atoms with Crippen LogP contribution in [0.3, 0.4) is 0 Å². The van der Waals surface area contributed by atoms with Crippen molar-refractivity contribution in [1.29, 1.82) is 0 Å². The molecule has 1 N–H and O–H groups in total. The van der Waals surface area contributed by atoms with E-state index in [4.69, 9.17) is 0 Å². The average Bonchev–Trinajstić information content (AvgIpc) is 2.55. The molecule has 0 aliphatic carbocycles. The Bertz CT molecular complexity index is 1050. The van der Waals surface area contributed by atoms with Crippen molar-refractivity contribution in [3.05, 3.63) is 70.9 Å². The van der Waals surface area contributed by atoms with E-state index in [0.29, 0.717) is 10.1 Å². The van der Waals surface area contributed by atoms with Crippen LogP contribution in [0.25, 0.3) is 10.1 Å². The molecular formula is C16H11NO4S2. The molecule has 0 aliphatic heterocycles. The van der Waals surface area contributed by atoms with Crippen LogP contribution in [0.1, 0.15) is 9.67 Å². The van der Waals surface area contributed by atoms with Crippen molar-refractivity contribution in [3.8, 4) is 0 Å². The molecule has 3 aromatic rings. The molecule has 0 saturated heterocycles. The number of carboxylic acids is 1. The molecule has 2 aromatic carbocycles. The summed E-state index contributed by atoms with van der Waals surface area (Å²) in [6.07, 6.45) is 0. The minimum Gasteiger partial charge on any atom is -0.477 e. The number of fused-ring (bicyclic) bond motifs is 1. The smallest absolute Gasteiger partial charge is 0.345 e. The second-order valence-corrected chi connectivity index (χ2v) is 7.36. The molecule has 0 saturated carbocycles. The molecule has 5 nitrogen and oxygen atoms in total. The molecule has 0 atom stereocenters. The Morgan fingerprint density at radius 2 is 1.65 bits per heavy atom. The van der Waals surface area contributed by atoms with Crippen LogP contribution < -0.4 is 5.36 Å². The largest absolute Gasteiger partial charge is 0.477 e. The molecule has 1 heterocycles. The van der Waals surface area contributed by atoms with Crippen molar-refractivity contribution in [2.75, 3.05) is 0 Å². The van der Waals surface area contributed by atoms with E-state index in [2.05, 4.69) is 4.40 Å². The van der Waals surface area contributed by atoms with Gasteiger partial charge in [-0.25, -0.2) is 4.79 Å². The molecule has 0 aliphatic rings. The van der Waals surface area contributed by atoms with Gasteiger partial charge in [0.2, 0.25) is 0 Å². The summed E-state index contributed by atoms with van der Waals surface area (Å²) in [7, 11) is -3.91. The summed E-state index contributed by atoms with van der Waals surface area (Å²) in [5.74, 6) is -1.12. The fourth-order valence-electron chi connectivity index (χ4n) is 2.07. The summed E-state index contributed by atoms with van der Waals surface area (Å²) in [5.41, 5.74) is 0. The predicted octanol–water partition coefficient (Wildman–Crippen LogP) is 2.89.